The summed E-state index contributed by atoms with van der Waals surface area (Å²) < 4.78 is 30.6. The second kappa shape index (κ2) is 6.61. The molecule has 1 aromatic rings. The molecule has 1 aliphatic heterocycles. The van der Waals surface area contributed by atoms with Crippen molar-refractivity contribution in [2.75, 3.05) is 12.4 Å². The molecule has 0 radical (unpaired) electrons. The smallest absolute Gasteiger partial charge is 0.240 e. The number of benzene rings is 1. The molecule has 1 aromatic carbocycles. The molecule has 0 N–H and O–H groups in total. The summed E-state index contributed by atoms with van der Waals surface area (Å²) in [5, 5.41) is 0. The molecule has 0 spiro atoms. The molecular formula is C17H25NO4S. The second-order valence-corrected chi connectivity index (χ2v) is 8.87. The van der Waals surface area contributed by atoms with Gasteiger partial charge in [-0.05, 0) is 38.3 Å². The van der Waals surface area contributed by atoms with Crippen LogP contribution in [-0.2, 0) is 19.4 Å². The summed E-state index contributed by atoms with van der Waals surface area (Å²) in [6.45, 7) is 8.21. The molecule has 1 atom stereocenters. The van der Waals surface area contributed by atoms with Gasteiger partial charge in [0.2, 0.25) is 5.91 Å². The van der Waals surface area contributed by atoms with Gasteiger partial charge in [0.05, 0.1) is 17.5 Å². The second-order valence-electron chi connectivity index (χ2n) is 6.88. The van der Waals surface area contributed by atoms with Gasteiger partial charge in [0.15, 0.2) is 9.84 Å². The van der Waals surface area contributed by atoms with Crippen LogP contribution >= 0.6 is 0 Å². The molecule has 0 aliphatic carbocycles. The van der Waals surface area contributed by atoms with E-state index in [-0.39, 0.29) is 10.9 Å². The van der Waals surface area contributed by atoms with Crippen LogP contribution in [0, 0.1) is 5.92 Å². The number of hydrogen-bond acceptors (Lipinski definition) is 4. The fraction of sp³-hybridized carbons (Fsp3) is 0.588. The van der Waals surface area contributed by atoms with Crippen LogP contribution in [-0.4, -0.2) is 43.4 Å². The van der Waals surface area contributed by atoms with Crippen molar-refractivity contribution in [1.82, 2.24) is 4.90 Å². The van der Waals surface area contributed by atoms with Crippen LogP contribution in [0.1, 0.15) is 34.1 Å². The Hall–Kier alpha value is -1.40. The maximum atomic E-state index is 12.7. The van der Waals surface area contributed by atoms with Gasteiger partial charge in [-0.1, -0.05) is 32.0 Å². The Morgan fingerprint density at radius 1 is 1.30 bits per heavy atom. The van der Waals surface area contributed by atoms with Gasteiger partial charge in [-0.15, -0.1) is 0 Å². The lowest BCUT2D eigenvalue weighted by atomic mass is 10.0. The predicted molar refractivity (Wildman–Crippen MR) is 88.6 cm³/mol. The van der Waals surface area contributed by atoms with Crippen molar-refractivity contribution < 1.29 is 17.9 Å². The number of amides is 1. The van der Waals surface area contributed by atoms with E-state index in [0.29, 0.717) is 12.5 Å². The number of sulfone groups is 1. The molecule has 1 saturated heterocycles. The van der Waals surface area contributed by atoms with Gasteiger partial charge in [-0.3, -0.25) is 4.79 Å². The zero-order valence-corrected chi connectivity index (χ0v) is 15.0. The highest BCUT2D eigenvalue weighted by Gasteiger charge is 2.44. The van der Waals surface area contributed by atoms with E-state index < -0.39 is 27.2 Å². The summed E-state index contributed by atoms with van der Waals surface area (Å²) >= 11 is 0. The average Bonchev–Trinajstić information content (AvgIpc) is 2.73. The number of ether oxygens (including phenoxy) is 1. The zero-order valence-electron chi connectivity index (χ0n) is 14.2. The van der Waals surface area contributed by atoms with Gasteiger partial charge in [0, 0.05) is 0 Å². The maximum Gasteiger partial charge on any atom is 0.240 e. The van der Waals surface area contributed by atoms with Crippen LogP contribution < -0.4 is 0 Å². The molecular weight excluding hydrogens is 314 g/mol. The Labute approximate surface area is 138 Å². The standard InChI is InChI=1S/C17H25NO4S/c1-13(2)10-14-11-22-17(3,4)18(14)16(19)12-23(20,21)15-8-6-5-7-9-15/h5-9,13-14H,10-12H2,1-4H3/t14-/m0/s1. The lowest BCUT2D eigenvalue weighted by molar-refractivity contribution is -0.143. The first-order valence-corrected chi connectivity index (χ1v) is 9.52. The molecule has 5 nitrogen and oxygen atoms in total. The highest BCUT2D eigenvalue weighted by molar-refractivity contribution is 7.92. The number of rotatable bonds is 5. The first-order valence-electron chi connectivity index (χ1n) is 7.87. The Morgan fingerprint density at radius 2 is 1.91 bits per heavy atom. The molecule has 0 unspecified atom stereocenters. The highest BCUT2D eigenvalue weighted by atomic mass is 32.2. The fourth-order valence-corrected chi connectivity index (χ4v) is 4.25. The Morgan fingerprint density at radius 3 is 2.48 bits per heavy atom. The summed E-state index contributed by atoms with van der Waals surface area (Å²) in [6, 6.07) is 8.00. The van der Waals surface area contributed by atoms with E-state index in [0.717, 1.165) is 6.42 Å². The molecule has 6 heteroatoms. The molecule has 23 heavy (non-hydrogen) atoms. The third kappa shape index (κ3) is 4.12. The van der Waals surface area contributed by atoms with E-state index in [9.17, 15) is 13.2 Å². The minimum atomic E-state index is -3.65. The van der Waals surface area contributed by atoms with Crippen LogP contribution in [0.5, 0.6) is 0 Å². The SMILES string of the molecule is CC(C)C[C@H]1COC(C)(C)N1C(=O)CS(=O)(=O)c1ccccc1. The molecule has 128 valence electrons. The van der Waals surface area contributed by atoms with Crippen molar-refractivity contribution in [2.24, 2.45) is 5.92 Å². The summed E-state index contributed by atoms with van der Waals surface area (Å²) in [4.78, 5) is 14.5. The van der Waals surface area contributed by atoms with Gasteiger partial charge >= 0.3 is 0 Å². The zero-order chi connectivity index (χ0) is 17.3. The van der Waals surface area contributed by atoms with Crippen molar-refractivity contribution in [2.45, 2.75) is 50.8 Å². The number of nitrogens with zero attached hydrogens (tertiary/aromatic N) is 1. The van der Waals surface area contributed by atoms with Gasteiger partial charge in [0.1, 0.15) is 11.5 Å². The molecule has 0 aromatic heterocycles. The van der Waals surface area contributed by atoms with E-state index in [1.807, 2.05) is 0 Å². The number of carbonyl (C=O) groups excluding carboxylic acids is 1. The summed E-state index contributed by atoms with van der Waals surface area (Å²) in [7, 11) is -3.65. The molecule has 1 heterocycles. The van der Waals surface area contributed by atoms with E-state index in [2.05, 4.69) is 13.8 Å². The van der Waals surface area contributed by atoms with Crippen molar-refractivity contribution >= 4 is 15.7 Å². The van der Waals surface area contributed by atoms with E-state index >= 15 is 0 Å². The molecule has 2 rings (SSSR count). The van der Waals surface area contributed by atoms with Crippen LogP contribution in [0.3, 0.4) is 0 Å². The lowest BCUT2D eigenvalue weighted by Gasteiger charge is -2.34. The summed E-state index contributed by atoms with van der Waals surface area (Å²) in [5.74, 6) is -0.529. The van der Waals surface area contributed by atoms with Crippen LogP contribution in [0.15, 0.2) is 35.2 Å². The summed E-state index contributed by atoms with van der Waals surface area (Å²) in [6.07, 6.45) is 0.792. The van der Waals surface area contributed by atoms with Crippen LogP contribution in [0.4, 0.5) is 0 Å². The largest absolute Gasteiger partial charge is 0.354 e. The molecule has 1 aliphatic rings. The van der Waals surface area contributed by atoms with Crippen molar-refractivity contribution in [3.8, 4) is 0 Å². The highest BCUT2D eigenvalue weighted by Crippen LogP contribution is 2.31. The topological polar surface area (TPSA) is 63.7 Å². The quantitative estimate of drug-likeness (QED) is 0.827. The van der Waals surface area contributed by atoms with E-state index in [4.69, 9.17) is 4.74 Å². The van der Waals surface area contributed by atoms with Gasteiger partial charge in [-0.25, -0.2) is 8.42 Å². The Bertz CT molecular complexity index is 652. The monoisotopic (exact) mass is 339 g/mol. The normalized spacial score (nSPS) is 20.9. The van der Waals surface area contributed by atoms with Crippen LogP contribution in [0.25, 0.3) is 0 Å². The predicted octanol–water partition coefficient (Wildman–Crippen LogP) is 2.47. The number of hydrogen-bond donors (Lipinski definition) is 0. The summed E-state index contributed by atoms with van der Waals surface area (Å²) in [5.41, 5.74) is -0.775. The minimum absolute atomic E-state index is 0.0801. The van der Waals surface area contributed by atoms with Crippen molar-refractivity contribution in [1.29, 1.82) is 0 Å². The lowest BCUT2D eigenvalue weighted by Crippen LogP contribution is -2.50. The van der Waals surface area contributed by atoms with E-state index in [1.165, 1.54) is 12.1 Å². The Balaban J connectivity index is 2.20. The van der Waals surface area contributed by atoms with Gasteiger partial charge in [0.25, 0.3) is 0 Å². The van der Waals surface area contributed by atoms with Crippen LogP contribution in [0.2, 0.25) is 0 Å². The third-order valence-corrected chi connectivity index (χ3v) is 5.62. The third-order valence-electron chi connectivity index (χ3n) is 4.00. The molecule has 1 fully saturated rings. The maximum absolute atomic E-state index is 12.7. The number of carbonyl (C=O) groups is 1. The van der Waals surface area contributed by atoms with Gasteiger partial charge < -0.3 is 9.64 Å². The average molecular weight is 339 g/mol. The van der Waals surface area contributed by atoms with Crippen molar-refractivity contribution in [3.63, 3.8) is 0 Å². The van der Waals surface area contributed by atoms with E-state index in [1.54, 1.807) is 36.9 Å². The first kappa shape index (κ1) is 17.9. The fourth-order valence-electron chi connectivity index (χ4n) is 3.05. The van der Waals surface area contributed by atoms with Gasteiger partial charge in [-0.2, -0.15) is 0 Å². The van der Waals surface area contributed by atoms with Crippen molar-refractivity contribution in [3.05, 3.63) is 30.3 Å². The minimum Gasteiger partial charge on any atom is -0.354 e. The molecule has 0 saturated carbocycles. The first-order chi connectivity index (χ1) is 10.6. The molecule has 1 amide bonds. The molecule has 0 bridgehead atoms. The Kier molecular flexibility index (Phi) is 5.16.